The van der Waals surface area contributed by atoms with Gasteiger partial charge in [-0.25, -0.2) is 8.78 Å². The van der Waals surface area contributed by atoms with Crippen molar-refractivity contribution in [3.8, 4) is 0 Å². The second-order valence-electron chi connectivity index (χ2n) is 4.14. The Balaban J connectivity index is 3.89. The topological polar surface area (TPSA) is 49.8 Å². The lowest BCUT2D eigenvalue weighted by atomic mass is 10.0. The van der Waals surface area contributed by atoms with Gasteiger partial charge in [-0.3, -0.25) is 4.79 Å². The van der Waals surface area contributed by atoms with Crippen LogP contribution in [0.2, 0.25) is 0 Å². The van der Waals surface area contributed by atoms with Crippen molar-refractivity contribution in [1.82, 2.24) is 4.90 Å². The lowest BCUT2D eigenvalue weighted by Crippen LogP contribution is -2.47. The molecule has 0 fully saturated rings. The number of nitrogens with zero attached hydrogens (tertiary/aromatic N) is 1. The average molecular weight is 239 g/mol. The van der Waals surface area contributed by atoms with E-state index in [1.165, 1.54) is 4.90 Å². The summed E-state index contributed by atoms with van der Waals surface area (Å²) in [5.41, 5.74) is -0.653. The van der Waals surface area contributed by atoms with Crippen molar-refractivity contribution in [3.63, 3.8) is 0 Å². The highest BCUT2D eigenvalue weighted by atomic mass is 19.3. The van der Waals surface area contributed by atoms with Crippen molar-refractivity contribution in [1.29, 1.82) is 0 Å². The van der Waals surface area contributed by atoms with Gasteiger partial charge in [0.2, 0.25) is 5.91 Å². The van der Waals surface area contributed by atoms with Gasteiger partial charge in [0.15, 0.2) is 0 Å². The molecule has 6 heteroatoms. The fourth-order valence-corrected chi connectivity index (χ4v) is 0.943. The molecule has 0 atom stereocenters. The van der Waals surface area contributed by atoms with Crippen LogP contribution in [0.15, 0.2) is 0 Å². The normalized spacial score (nSPS) is 11.9. The fraction of sp³-hybridized carbons (Fsp3) is 0.900. The number of likely N-dealkylation sites (N-methyl/N-ethyl adjacent to an activating group) is 1. The Labute approximate surface area is 94.2 Å². The SMILES string of the molecule is CN(C(=O)CCOCC(F)F)C(C)(C)CO. The molecule has 0 aromatic heterocycles. The minimum atomic E-state index is -2.51. The molecule has 0 aliphatic rings. The van der Waals surface area contributed by atoms with Gasteiger partial charge in [0.1, 0.15) is 6.61 Å². The summed E-state index contributed by atoms with van der Waals surface area (Å²) in [6.07, 6.45) is -2.48. The smallest absolute Gasteiger partial charge is 0.261 e. The molecule has 0 aliphatic heterocycles. The quantitative estimate of drug-likeness (QED) is 0.671. The second kappa shape index (κ2) is 6.75. The van der Waals surface area contributed by atoms with Gasteiger partial charge in [0, 0.05) is 7.05 Å². The summed E-state index contributed by atoms with van der Waals surface area (Å²) in [7, 11) is 1.56. The van der Waals surface area contributed by atoms with Crippen LogP contribution in [0.1, 0.15) is 20.3 Å². The third kappa shape index (κ3) is 5.37. The maximum Gasteiger partial charge on any atom is 0.261 e. The lowest BCUT2D eigenvalue weighted by molar-refractivity contribution is -0.137. The highest BCUT2D eigenvalue weighted by molar-refractivity contribution is 5.76. The number of aliphatic hydroxyl groups excluding tert-OH is 1. The van der Waals surface area contributed by atoms with Crippen molar-refractivity contribution < 1.29 is 23.4 Å². The number of hydrogen-bond donors (Lipinski definition) is 1. The molecule has 1 N–H and O–H groups in total. The molecule has 96 valence electrons. The fourth-order valence-electron chi connectivity index (χ4n) is 0.943. The van der Waals surface area contributed by atoms with Crippen LogP contribution < -0.4 is 0 Å². The number of rotatable bonds is 7. The summed E-state index contributed by atoms with van der Waals surface area (Å²) in [5, 5.41) is 9.03. The molecule has 0 saturated heterocycles. The summed E-state index contributed by atoms with van der Waals surface area (Å²) in [5.74, 6) is -0.242. The molecule has 0 aliphatic carbocycles. The monoisotopic (exact) mass is 239 g/mol. The molecule has 0 unspecified atom stereocenters. The number of ether oxygens (including phenoxy) is 1. The van der Waals surface area contributed by atoms with E-state index < -0.39 is 18.6 Å². The Bertz CT molecular complexity index is 222. The molecule has 4 nitrogen and oxygen atoms in total. The number of hydrogen-bond acceptors (Lipinski definition) is 3. The van der Waals surface area contributed by atoms with E-state index in [1.807, 2.05) is 0 Å². The molecule has 16 heavy (non-hydrogen) atoms. The van der Waals surface area contributed by atoms with E-state index in [0.29, 0.717) is 0 Å². The van der Waals surface area contributed by atoms with E-state index in [-0.39, 0.29) is 25.5 Å². The van der Waals surface area contributed by atoms with E-state index >= 15 is 0 Å². The van der Waals surface area contributed by atoms with Crippen LogP contribution in [-0.2, 0) is 9.53 Å². The molecule has 0 aromatic rings. The van der Waals surface area contributed by atoms with E-state index in [4.69, 9.17) is 5.11 Å². The van der Waals surface area contributed by atoms with Crippen LogP contribution in [0.3, 0.4) is 0 Å². The zero-order chi connectivity index (χ0) is 12.8. The summed E-state index contributed by atoms with van der Waals surface area (Å²) in [4.78, 5) is 12.9. The first kappa shape index (κ1) is 15.2. The first-order valence-electron chi connectivity index (χ1n) is 5.04. The highest BCUT2D eigenvalue weighted by Gasteiger charge is 2.26. The number of carbonyl (C=O) groups excluding carboxylic acids is 1. The van der Waals surface area contributed by atoms with Crippen LogP contribution in [0.5, 0.6) is 0 Å². The summed E-state index contributed by atoms with van der Waals surface area (Å²) in [6, 6.07) is 0. The van der Waals surface area contributed by atoms with Crippen LogP contribution in [-0.4, -0.2) is 54.7 Å². The molecule has 1 amide bonds. The highest BCUT2D eigenvalue weighted by Crippen LogP contribution is 2.12. The molecule has 0 spiro atoms. The molecular weight excluding hydrogens is 220 g/mol. The van der Waals surface area contributed by atoms with E-state index in [9.17, 15) is 13.6 Å². The number of aliphatic hydroxyl groups is 1. The van der Waals surface area contributed by atoms with Gasteiger partial charge in [-0.15, -0.1) is 0 Å². The number of carbonyl (C=O) groups is 1. The average Bonchev–Trinajstić information content (AvgIpc) is 2.22. The zero-order valence-corrected chi connectivity index (χ0v) is 9.87. The molecule has 0 bridgehead atoms. The molecule has 0 heterocycles. The first-order chi connectivity index (χ1) is 7.31. The van der Waals surface area contributed by atoms with Gasteiger partial charge in [-0.05, 0) is 13.8 Å². The Morgan fingerprint density at radius 1 is 1.50 bits per heavy atom. The first-order valence-corrected chi connectivity index (χ1v) is 5.04. The van der Waals surface area contributed by atoms with Gasteiger partial charge in [-0.1, -0.05) is 0 Å². The van der Waals surface area contributed by atoms with Crippen LogP contribution in [0.4, 0.5) is 8.78 Å². The molecule has 0 rings (SSSR count). The third-order valence-electron chi connectivity index (χ3n) is 2.37. The second-order valence-corrected chi connectivity index (χ2v) is 4.14. The van der Waals surface area contributed by atoms with Crippen LogP contribution in [0, 0.1) is 0 Å². The summed E-state index contributed by atoms with van der Waals surface area (Å²) < 4.78 is 28.0. The van der Waals surface area contributed by atoms with Gasteiger partial charge < -0.3 is 14.7 Å². The van der Waals surface area contributed by atoms with Gasteiger partial charge in [0.25, 0.3) is 6.43 Å². The molecule has 0 saturated carbocycles. The van der Waals surface area contributed by atoms with Crippen molar-refractivity contribution in [2.24, 2.45) is 0 Å². The van der Waals surface area contributed by atoms with Gasteiger partial charge in [-0.2, -0.15) is 0 Å². The Hall–Kier alpha value is -0.750. The maximum absolute atomic E-state index is 11.7. The number of halogens is 2. The molecule has 0 radical (unpaired) electrons. The van der Waals surface area contributed by atoms with E-state index in [0.717, 1.165) is 0 Å². The Morgan fingerprint density at radius 3 is 2.50 bits per heavy atom. The third-order valence-corrected chi connectivity index (χ3v) is 2.37. The van der Waals surface area contributed by atoms with Crippen molar-refractivity contribution in [2.75, 3.05) is 26.9 Å². The minimum Gasteiger partial charge on any atom is -0.394 e. The number of amides is 1. The van der Waals surface area contributed by atoms with Crippen LogP contribution >= 0.6 is 0 Å². The Kier molecular flexibility index (Phi) is 6.43. The van der Waals surface area contributed by atoms with Crippen molar-refractivity contribution in [3.05, 3.63) is 0 Å². The maximum atomic E-state index is 11.7. The van der Waals surface area contributed by atoms with E-state index in [1.54, 1.807) is 20.9 Å². The van der Waals surface area contributed by atoms with Crippen LogP contribution in [0.25, 0.3) is 0 Å². The summed E-state index contributed by atoms with van der Waals surface area (Å²) >= 11 is 0. The standard InChI is InChI=1S/C10H19F2NO3/c1-10(2,7-14)13(3)9(15)4-5-16-6-8(11)12/h8,14H,4-7H2,1-3H3. The predicted molar refractivity (Wildman–Crippen MR) is 55.4 cm³/mol. The minimum absolute atomic E-state index is 0.0327. The molecule has 0 aromatic carbocycles. The number of alkyl halides is 2. The predicted octanol–water partition coefficient (Wildman–Crippen LogP) is 0.887. The zero-order valence-electron chi connectivity index (χ0n) is 9.87. The van der Waals surface area contributed by atoms with Crippen molar-refractivity contribution >= 4 is 5.91 Å². The Morgan fingerprint density at radius 2 is 2.06 bits per heavy atom. The summed E-state index contributed by atoms with van der Waals surface area (Å²) in [6.45, 7) is 2.58. The molecular formula is C10H19F2NO3. The van der Waals surface area contributed by atoms with E-state index in [2.05, 4.69) is 4.74 Å². The van der Waals surface area contributed by atoms with Gasteiger partial charge in [0.05, 0.1) is 25.2 Å². The van der Waals surface area contributed by atoms with Gasteiger partial charge >= 0.3 is 0 Å². The largest absolute Gasteiger partial charge is 0.394 e. The lowest BCUT2D eigenvalue weighted by Gasteiger charge is -2.34. The van der Waals surface area contributed by atoms with Crippen molar-refractivity contribution in [2.45, 2.75) is 32.2 Å².